The summed E-state index contributed by atoms with van der Waals surface area (Å²) < 4.78 is 20.1. The summed E-state index contributed by atoms with van der Waals surface area (Å²) in [5.41, 5.74) is 0.242. The van der Waals surface area contributed by atoms with Crippen molar-refractivity contribution in [3.63, 3.8) is 0 Å². The van der Waals surface area contributed by atoms with Gasteiger partial charge in [0.25, 0.3) is 0 Å². The Kier molecular flexibility index (Phi) is 3.48. The van der Waals surface area contributed by atoms with Crippen molar-refractivity contribution in [1.29, 1.82) is 0 Å². The van der Waals surface area contributed by atoms with Crippen LogP contribution in [0, 0.1) is 15.9 Å². The Hall–Kier alpha value is -3.29. The SMILES string of the molecule is O=[N+]([O-])c1cc(F)ccc1Oc1cccc(-n2ccnn2)c1. The molecule has 0 bridgehead atoms. The molecule has 8 heteroatoms. The van der Waals surface area contributed by atoms with Gasteiger partial charge in [-0.3, -0.25) is 10.1 Å². The summed E-state index contributed by atoms with van der Waals surface area (Å²) in [4.78, 5) is 10.3. The molecular weight excluding hydrogens is 291 g/mol. The van der Waals surface area contributed by atoms with Crippen molar-refractivity contribution < 1.29 is 14.1 Å². The van der Waals surface area contributed by atoms with Gasteiger partial charge in [0.1, 0.15) is 11.6 Å². The van der Waals surface area contributed by atoms with Crippen LogP contribution in [-0.2, 0) is 0 Å². The standard InChI is InChI=1S/C14H9FN4O3/c15-10-4-5-14(13(8-10)19(20)21)22-12-3-1-2-11(9-12)18-7-6-16-17-18/h1-9H. The number of halogens is 1. The largest absolute Gasteiger partial charge is 0.450 e. The molecule has 2 aromatic carbocycles. The highest BCUT2D eigenvalue weighted by Gasteiger charge is 2.17. The summed E-state index contributed by atoms with van der Waals surface area (Å²) in [7, 11) is 0. The van der Waals surface area contributed by atoms with E-state index in [1.54, 1.807) is 30.5 Å². The zero-order valence-corrected chi connectivity index (χ0v) is 11.1. The van der Waals surface area contributed by atoms with E-state index in [0.29, 0.717) is 11.4 Å². The van der Waals surface area contributed by atoms with Crippen LogP contribution in [0.5, 0.6) is 11.5 Å². The van der Waals surface area contributed by atoms with E-state index < -0.39 is 16.4 Å². The number of nitrogens with zero attached hydrogens (tertiary/aromatic N) is 4. The van der Waals surface area contributed by atoms with Gasteiger partial charge in [-0.2, -0.15) is 0 Å². The monoisotopic (exact) mass is 300 g/mol. The molecule has 0 saturated heterocycles. The molecule has 0 N–H and O–H groups in total. The maximum atomic E-state index is 13.1. The van der Waals surface area contributed by atoms with Crippen LogP contribution in [0.25, 0.3) is 5.69 Å². The summed E-state index contributed by atoms with van der Waals surface area (Å²) in [6, 6.07) is 9.90. The number of hydrogen-bond acceptors (Lipinski definition) is 5. The Morgan fingerprint density at radius 3 is 2.82 bits per heavy atom. The Labute approximate surface area is 123 Å². The van der Waals surface area contributed by atoms with Crippen LogP contribution in [0.4, 0.5) is 10.1 Å². The quantitative estimate of drug-likeness (QED) is 0.546. The van der Waals surface area contributed by atoms with Crippen LogP contribution in [-0.4, -0.2) is 19.9 Å². The van der Waals surface area contributed by atoms with Crippen LogP contribution in [0.2, 0.25) is 0 Å². The van der Waals surface area contributed by atoms with Crippen LogP contribution >= 0.6 is 0 Å². The predicted molar refractivity (Wildman–Crippen MR) is 74.5 cm³/mol. The molecule has 0 fully saturated rings. The van der Waals surface area contributed by atoms with Gasteiger partial charge in [-0.15, -0.1) is 5.10 Å². The second kappa shape index (κ2) is 5.60. The number of ether oxygens (including phenoxy) is 1. The smallest absolute Gasteiger partial charge is 0.314 e. The van der Waals surface area contributed by atoms with E-state index in [9.17, 15) is 14.5 Å². The summed E-state index contributed by atoms with van der Waals surface area (Å²) in [6.45, 7) is 0. The van der Waals surface area contributed by atoms with Gasteiger partial charge in [0.2, 0.25) is 5.75 Å². The molecule has 0 atom stereocenters. The molecule has 110 valence electrons. The molecule has 0 saturated carbocycles. The van der Waals surface area contributed by atoms with E-state index >= 15 is 0 Å². The molecule has 1 heterocycles. The molecule has 3 aromatic rings. The highest BCUT2D eigenvalue weighted by molar-refractivity contribution is 5.49. The fraction of sp³-hybridized carbons (Fsp3) is 0. The summed E-state index contributed by atoms with van der Waals surface area (Å²) in [6.07, 6.45) is 3.18. The lowest BCUT2D eigenvalue weighted by molar-refractivity contribution is -0.385. The first-order valence-corrected chi connectivity index (χ1v) is 6.22. The van der Waals surface area contributed by atoms with Crippen LogP contribution in [0.15, 0.2) is 54.9 Å². The number of hydrogen-bond donors (Lipinski definition) is 0. The lowest BCUT2D eigenvalue weighted by Crippen LogP contribution is -1.97. The molecule has 0 radical (unpaired) electrons. The maximum Gasteiger partial charge on any atom is 0.314 e. The Morgan fingerprint density at radius 2 is 2.09 bits per heavy atom. The minimum atomic E-state index is -0.699. The van der Waals surface area contributed by atoms with Gasteiger partial charge in [0, 0.05) is 6.07 Å². The van der Waals surface area contributed by atoms with Crippen molar-refractivity contribution in [2.75, 3.05) is 0 Å². The van der Waals surface area contributed by atoms with Gasteiger partial charge in [-0.25, -0.2) is 9.07 Å². The fourth-order valence-electron chi connectivity index (χ4n) is 1.88. The zero-order chi connectivity index (χ0) is 15.5. The van der Waals surface area contributed by atoms with E-state index in [2.05, 4.69) is 10.3 Å². The molecular formula is C14H9FN4O3. The molecule has 0 aliphatic carbocycles. The van der Waals surface area contributed by atoms with Gasteiger partial charge in [-0.05, 0) is 24.3 Å². The number of nitro benzene ring substituents is 1. The molecule has 22 heavy (non-hydrogen) atoms. The third kappa shape index (κ3) is 2.75. The van der Waals surface area contributed by atoms with Crippen molar-refractivity contribution >= 4 is 5.69 Å². The lowest BCUT2D eigenvalue weighted by atomic mass is 10.2. The molecule has 0 aliphatic rings. The van der Waals surface area contributed by atoms with Crippen molar-refractivity contribution in [2.45, 2.75) is 0 Å². The van der Waals surface area contributed by atoms with Gasteiger partial charge < -0.3 is 4.74 Å². The molecule has 7 nitrogen and oxygen atoms in total. The Bertz CT molecular complexity index is 821. The topological polar surface area (TPSA) is 83.1 Å². The highest BCUT2D eigenvalue weighted by atomic mass is 19.1. The Morgan fingerprint density at radius 1 is 1.23 bits per heavy atom. The number of rotatable bonds is 4. The van der Waals surface area contributed by atoms with Crippen molar-refractivity contribution in [1.82, 2.24) is 15.0 Å². The van der Waals surface area contributed by atoms with E-state index in [4.69, 9.17) is 4.74 Å². The molecule has 1 aromatic heterocycles. The minimum absolute atomic E-state index is 0.0397. The summed E-state index contributed by atoms with van der Waals surface area (Å²) >= 11 is 0. The van der Waals surface area contributed by atoms with Crippen molar-refractivity contribution in [3.8, 4) is 17.2 Å². The van der Waals surface area contributed by atoms with E-state index in [0.717, 1.165) is 12.1 Å². The molecule has 0 amide bonds. The van der Waals surface area contributed by atoms with Gasteiger partial charge in [0.05, 0.1) is 29.1 Å². The first-order valence-electron chi connectivity index (χ1n) is 6.22. The van der Waals surface area contributed by atoms with Crippen LogP contribution in [0.1, 0.15) is 0 Å². The van der Waals surface area contributed by atoms with Gasteiger partial charge in [0.15, 0.2) is 0 Å². The summed E-state index contributed by atoms with van der Waals surface area (Å²) in [5.74, 6) is -0.375. The third-order valence-corrected chi connectivity index (χ3v) is 2.85. The van der Waals surface area contributed by atoms with E-state index in [-0.39, 0.29) is 5.75 Å². The molecule has 0 unspecified atom stereocenters. The molecule has 0 spiro atoms. The minimum Gasteiger partial charge on any atom is -0.450 e. The first-order chi connectivity index (χ1) is 10.6. The second-order valence-corrected chi connectivity index (χ2v) is 4.32. The normalized spacial score (nSPS) is 10.4. The van der Waals surface area contributed by atoms with Crippen LogP contribution < -0.4 is 4.74 Å². The van der Waals surface area contributed by atoms with Gasteiger partial charge >= 0.3 is 5.69 Å². The maximum absolute atomic E-state index is 13.1. The molecule has 3 rings (SSSR count). The molecule has 0 aliphatic heterocycles. The third-order valence-electron chi connectivity index (χ3n) is 2.85. The van der Waals surface area contributed by atoms with Crippen molar-refractivity contribution in [3.05, 3.63) is 70.8 Å². The first kappa shape index (κ1) is 13.7. The fourth-order valence-corrected chi connectivity index (χ4v) is 1.88. The van der Waals surface area contributed by atoms with E-state index in [1.165, 1.54) is 16.9 Å². The zero-order valence-electron chi connectivity index (χ0n) is 11.1. The summed E-state index contributed by atoms with van der Waals surface area (Å²) in [5, 5.41) is 18.5. The van der Waals surface area contributed by atoms with E-state index in [1.807, 2.05) is 0 Å². The lowest BCUT2D eigenvalue weighted by Gasteiger charge is -2.08. The second-order valence-electron chi connectivity index (χ2n) is 4.32. The highest BCUT2D eigenvalue weighted by Crippen LogP contribution is 2.32. The number of nitro groups is 1. The predicted octanol–water partition coefficient (Wildman–Crippen LogP) is 3.11. The number of aromatic nitrogens is 3. The van der Waals surface area contributed by atoms with Crippen LogP contribution in [0.3, 0.4) is 0 Å². The van der Waals surface area contributed by atoms with Crippen molar-refractivity contribution in [2.24, 2.45) is 0 Å². The average molecular weight is 300 g/mol. The average Bonchev–Trinajstić information content (AvgIpc) is 3.03. The Balaban J connectivity index is 1.94. The van der Waals surface area contributed by atoms with Gasteiger partial charge in [-0.1, -0.05) is 11.3 Å². The number of benzene rings is 2.